The number of esters is 1. The molecule has 0 atom stereocenters. The number of benzene rings is 1. The minimum atomic E-state index is -1.15. The first-order valence-corrected chi connectivity index (χ1v) is 4.79. The van der Waals surface area contributed by atoms with Gasteiger partial charge >= 0.3 is 5.97 Å². The smallest absolute Gasteiger partial charge is 0.379 e. The summed E-state index contributed by atoms with van der Waals surface area (Å²) in [5, 5.41) is 9.41. The molecule has 0 amide bonds. The largest absolute Gasteiger partial charge is 0.504 e. The molecule has 0 saturated carbocycles. The van der Waals surface area contributed by atoms with Crippen LogP contribution in [0.2, 0.25) is 0 Å². The van der Waals surface area contributed by atoms with Crippen molar-refractivity contribution < 1.29 is 28.6 Å². The minimum Gasteiger partial charge on any atom is -0.504 e. The summed E-state index contributed by atoms with van der Waals surface area (Å²) in [6.45, 7) is 1.55. The van der Waals surface area contributed by atoms with Gasteiger partial charge in [0.25, 0.3) is 5.78 Å². The molecular weight excluding hydrogens is 231 g/mol. The maximum absolute atomic E-state index is 13.4. The average molecular weight is 242 g/mol. The molecule has 0 unspecified atom stereocenters. The molecule has 0 spiro atoms. The number of halogens is 1. The van der Waals surface area contributed by atoms with Gasteiger partial charge < -0.3 is 14.6 Å². The Labute approximate surface area is 96.8 Å². The van der Waals surface area contributed by atoms with Gasteiger partial charge in [-0.2, -0.15) is 4.39 Å². The lowest BCUT2D eigenvalue weighted by Crippen LogP contribution is -2.18. The maximum Gasteiger partial charge on any atom is 0.379 e. The van der Waals surface area contributed by atoms with E-state index in [1.807, 2.05) is 0 Å². The summed E-state index contributed by atoms with van der Waals surface area (Å²) in [5.41, 5.74) is -0.457. The maximum atomic E-state index is 13.4. The molecule has 92 valence electrons. The predicted molar refractivity (Wildman–Crippen MR) is 55.6 cm³/mol. The van der Waals surface area contributed by atoms with E-state index in [2.05, 4.69) is 9.47 Å². The van der Waals surface area contributed by atoms with Crippen molar-refractivity contribution in [1.82, 2.24) is 0 Å². The highest BCUT2D eigenvalue weighted by Crippen LogP contribution is 2.29. The van der Waals surface area contributed by atoms with E-state index in [4.69, 9.17) is 0 Å². The predicted octanol–water partition coefficient (Wildman–Crippen LogP) is 1.29. The quantitative estimate of drug-likeness (QED) is 0.489. The standard InChI is InChI=1S/C11H11FO5/c1-3-17-11(15)10(14)6-4-5-7(16-2)8(12)9(6)13/h4-5,13H,3H2,1-2H3. The van der Waals surface area contributed by atoms with Gasteiger partial charge in [0, 0.05) is 0 Å². The number of ether oxygens (including phenoxy) is 2. The number of hydrogen-bond acceptors (Lipinski definition) is 5. The first-order valence-electron chi connectivity index (χ1n) is 4.79. The average Bonchev–Trinajstić information content (AvgIpc) is 2.32. The van der Waals surface area contributed by atoms with Crippen LogP contribution in [0.3, 0.4) is 0 Å². The summed E-state index contributed by atoms with van der Waals surface area (Å²) in [6.07, 6.45) is 0. The second kappa shape index (κ2) is 5.29. The molecule has 0 aliphatic carbocycles. The fourth-order valence-corrected chi connectivity index (χ4v) is 1.19. The second-order valence-corrected chi connectivity index (χ2v) is 3.03. The Morgan fingerprint density at radius 3 is 2.59 bits per heavy atom. The molecule has 0 aromatic heterocycles. The monoisotopic (exact) mass is 242 g/mol. The molecule has 0 radical (unpaired) electrons. The van der Waals surface area contributed by atoms with Crippen molar-refractivity contribution in [1.29, 1.82) is 0 Å². The highest BCUT2D eigenvalue weighted by molar-refractivity contribution is 6.41. The SMILES string of the molecule is CCOC(=O)C(=O)c1ccc(OC)c(F)c1O. The molecule has 0 saturated heterocycles. The molecule has 1 N–H and O–H groups in total. The van der Waals surface area contributed by atoms with Crippen LogP contribution in [0, 0.1) is 5.82 Å². The van der Waals surface area contributed by atoms with Crippen LogP contribution in [0.5, 0.6) is 11.5 Å². The summed E-state index contributed by atoms with van der Waals surface area (Å²) >= 11 is 0. The van der Waals surface area contributed by atoms with Crippen molar-refractivity contribution in [3.8, 4) is 11.5 Å². The molecule has 6 heteroatoms. The number of hydrogen-bond donors (Lipinski definition) is 1. The van der Waals surface area contributed by atoms with E-state index in [0.717, 1.165) is 12.1 Å². The molecule has 1 aromatic carbocycles. The molecule has 1 aromatic rings. The molecule has 0 aliphatic rings. The Balaban J connectivity index is 3.12. The lowest BCUT2D eigenvalue weighted by atomic mass is 10.1. The van der Waals surface area contributed by atoms with E-state index in [0.29, 0.717) is 0 Å². The number of phenols is 1. The zero-order valence-electron chi connectivity index (χ0n) is 9.32. The zero-order valence-corrected chi connectivity index (χ0v) is 9.32. The van der Waals surface area contributed by atoms with Crippen LogP contribution in [0.1, 0.15) is 17.3 Å². The molecular formula is C11H11FO5. The van der Waals surface area contributed by atoms with Crippen LogP contribution < -0.4 is 4.74 Å². The fourth-order valence-electron chi connectivity index (χ4n) is 1.19. The van der Waals surface area contributed by atoms with E-state index >= 15 is 0 Å². The van der Waals surface area contributed by atoms with Crippen LogP contribution in [0.4, 0.5) is 4.39 Å². The van der Waals surface area contributed by atoms with Crippen molar-refractivity contribution in [2.75, 3.05) is 13.7 Å². The van der Waals surface area contributed by atoms with Gasteiger partial charge in [0.1, 0.15) is 0 Å². The Morgan fingerprint density at radius 2 is 2.06 bits per heavy atom. The topological polar surface area (TPSA) is 72.8 Å². The van der Waals surface area contributed by atoms with Gasteiger partial charge in [0.15, 0.2) is 11.5 Å². The Bertz CT molecular complexity index is 455. The third kappa shape index (κ3) is 2.52. The van der Waals surface area contributed by atoms with Crippen LogP contribution in [-0.2, 0) is 9.53 Å². The highest BCUT2D eigenvalue weighted by Gasteiger charge is 2.24. The number of aromatic hydroxyl groups is 1. The second-order valence-electron chi connectivity index (χ2n) is 3.03. The van der Waals surface area contributed by atoms with Crippen molar-refractivity contribution in [2.45, 2.75) is 6.92 Å². The molecule has 5 nitrogen and oxygen atoms in total. The van der Waals surface area contributed by atoms with Crippen molar-refractivity contribution in [3.05, 3.63) is 23.5 Å². The fraction of sp³-hybridized carbons (Fsp3) is 0.273. The van der Waals surface area contributed by atoms with Crippen molar-refractivity contribution in [3.63, 3.8) is 0 Å². The van der Waals surface area contributed by atoms with Gasteiger partial charge in [-0.05, 0) is 19.1 Å². The molecule has 0 aliphatic heterocycles. The van der Waals surface area contributed by atoms with Crippen LogP contribution in [-0.4, -0.2) is 30.6 Å². The zero-order chi connectivity index (χ0) is 13.0. The molecule has 17 heavy (non-hydrogen) atoms. The van der Waals surface area contributed by atoms with Gasteiger partial charge in [-0.25, -0.2) is 4.79 Å². The lowest BCUT2D eigenvalue weighted by molar-refractivity contribution is -0.137. The molecule has 0 bridgehead atoms. The van der Waals surface area contributed by atoms with E-state index in [-0.39, 0.29) is 12.4 Å². The summed E-state index contributed by atoms with van der Waals surface area (Å²) < 4.78 is 22.5. The summed E-state index contributed by atoms with van der Waals surface area (Å²) in [5.74, 6) is -4.49. The first kappa shape index (κ1) is 13.0. The van der Waals surface area contributed by atoms with E-state index in [1.165, 1.54) is 14.0 Å². The molecule has 0 fully saturated rings. The number of methoxy groups -OCH3 is 1. The first-order chi connectivity index (χ1) is 8.02. The van der Waals surface area contributed by atoms with Gasteiger partial charge in [-0.3, -0.25) is 4.79 Å². The summed E-state index contributed by atoms with van der Waals surface area (Å²) in [4.78, 5) is 22.6. The van der Waals surface area contributed by atoms with Crippen LogP contribution in [0.25, 0.3) is 0 Å². The molecule has 0 heterocycles. The number of Topliss-reactive ketones (excluding diaryl/α,β-unsaturated/α-hetero) is 1. The number of phenolic OH excluding ortho intramolecular Hbond substituents is 1. The number of ketones is 1. The van der Waals surface area contributed by atoms with Crippen molar-refractivity contribution in [2.24, 2.45) is 0 Å². The van der Waals surface area contributed by atoms with Crippen LogP contribution >= 0.6 is 0 Å². The van der Waals surface area contributed by atoms with Gasteiger partial charge in [0.05, 0.1) is 19.3 Å². The van der Waals surface area contributed by atoms with Gasteiger partial charge in [0.2, 0.25) is 5.82 Å². The third-order valence-corrected chi connectivity index (χ3v) is 2.01. The Kier molecular flexibility index (Phi) is 4.03. The highest BCUT2D eigenvalue weighted by atomic mass is 19.1. The Morgan fingerprint density at radius 1 is 1.41 bits per heavy atom. The normalized spacial score (nSPS) is 9.82. The lowest BCUT2D eigenvalue weighted by Gasteiger charge is -2.07. The van der Waals surface area contributed by atoms with Gasteiger partial charge in [-0.1, -0.05) is 0 Å². The number of carbonyl (C=O) groups excluding carboxylic acids is 2. The van der Waals surface area contributed by atoms with Crippen molar-refractivity contribution >= 4 is 11.8 Å². The van der Waals surface area contributed by atoms with Crippen LogP contribution in [0.15, 0.2) is 12.1 Å². The molecule has 1 rings (SSSR count). The summed E-state index contributed by atoms with van der Waals surface area (Å²) in [7, 11) is 1.21. The third-order valence-electron chi connectivity index (χ3n) is 2.01. The Hall–Kier alpha value is -2.11. The minimum absolute atomic E-state index is 0.0178. The summed E-state index contributed by atoms with van der Waals surface area (Å²) in [6, 6.07) is 2.23. The van der Waals surface area contributed by atoms with E-state index in [1.54, 1.807) is 0 Å². The van der Waals surface area contributed by atoms with Gasteiger partial charge in [-0.15, -0.1) is 0 Å². The van der Waals surface area contributed by atoms with E-state index in [9.17, 15) is 19.1 Å². The number of rotatable bonds is 4. The van der Waals surface area contributed by atoms with E-state index < -0.39 is 28.9 Å². The number of carbonyl (C=O) groups is 2.